The van der Waals surface area contributed by atoms with Gasteiger partial charge < -0.3 is 5.11 Å². The Morgan fingerprint density at radius 3 is 2.35 bits per heavy atom. The lowest BCUT2D eigenvalue weighted by Crippen LogP contribution is -2.51. The molecule has 20 heavy (non-hydrogen) atoms. The zero-order valence-electron chi connectivity index (χ0n) is 11.6. The molecule has 2 saturated heterocycles. The first-order chi connectivity index (χ1) is 9.51. The third-order valence-electron chi connectivity index (χ3n) is 4.97. The third kappa shape index (κ3) is 2.25. The maximum atomic E-state index is 12.8. The molecule has 0 bridgehead atoms. The van der Waals surface area contributed by atoms with Crippen molar-refractivity contribution in [2.45, 2.75) is 57.0 Å². The highest BCUT2D eigenvalue weighted by atomic mass is 32.2. The van der Waals surface area contributed by atoms with Gasteiger partial charge in [-0.2, -0.15) is 17.0 Å². The number of nitrogens with zero attached hydrogens (tertiary/aromatic N) is 2. The maximum absolute atomic E-state index is 12.8. The fraction of sp³-hybridized carbons (Fsp3) is 0.923. The van der Waals surface area contributed by atoms with E-state index >= 15 is 0 Å². The largest absolute Gasteiger partial charge is 0.480 e. The summed E-state index contributed by atoms with van der Waals surface area (Å²) in [6.45, 7) is 1.06. The van der Waals surface area contributed by atoms with E-state index in [4.69, 9.17) is 0 Å². The predicted molar refractivity (Wildman–Crippen MR) is 73.4 cm³/mol. The average molecular weight is 302 g/mol. The smallest absolute Gasteiger partial charge is 0.322 e. The number of aliphatic carboxylic acids is 1. The van der Waals surface area contributed by atoms with E-state index in [-0.39, 0.29) is 12.0 Å². The van der Waals surface area contributed by atoms with Gasteiger partial charge in [0.15, 0.2) is 0 Å². The Hall–Kier alpha value is -0.660. The minimum atomic E-state index is -3.62. The van der Waals surface area contributed by atoms with Gasteiger partial charge in [-0.05, 0) is 38.0 Å². The molecule has 1 aliphatic carbocycles. The van der Waals surface area contributed by atoms with Gasteiger partial charge in [-0.15, -0.1) is 0 Å². The van der Waals surface area contributed by atoms with Crippen LogP contribution in [0.15, 0.2) is 0 Å². The van der Waals surface area contributed by atoms with Gasteiger partial charge >= 0.3 is 5.97 Å². The standard InChI is InChI=1S/C13H22N2O4S/c16-13(17)12-9-10-5-1-2-6-11(10)15(12)20(18,19)14-7-3-4-8-14/h10-12H,1-9H2,(H,16,17). The van der Waals surface area contributed by atoms with E-state index in [1.54, 1.807) is 0 Å². The summed E-state index contributed by atoms with van der Waals surface area (Å²) in [6, 6.07) is -0.968. The van der Waals surface area contributed by atoms with E-state index in [1.807, 2.05) is 0 Å². The Labute approximate surface area is 119 Å². The number of carboxylic acids is 1. The van der Waals surface area contributed by atoms with Crippen LogP contribution in [0.3, 0.4) is 0 Å². The molecule has 7 heteroatoms. The quantitative estimate of drug-likeness (QED) is 0.845. The fourth-order valence-corrected chi connectivity index (χ4v) is 6.12. The summed E-state index contributed by atoms with van der Waals surface area (Å²) in [5.74, 6) is -0.774. The molecular weight excluding hydrogens is 280 g/mol. The van der Waals surface area contributed by atoms with Crippen molar-refractivity contribution < 1.29 is 18.3 Å². The molecule has 0 aromatic carbocycles. The van der Waals surface area contributed by atoms with Gasteiger partial charge in [-0.1, -0.05) is 12.8 Å². The van der Waals surface area contributed by atoms with Crippen LogP contribution in [-0.2, 0) is 15.0 Å². The van der Waals surface area contributed by atoms with Crippen molar-refractivity contribution in [3.63, 3.8) is 0 Å². The first kappa shape index (κ1) is 14.3. The van der Waals surface area contributed by atoms with Crippen molar-refractivity contribution in [3.05, 3.63) is 0 Å². The minimum Gasteiger partial charge on any atom is -0.480 e. The second kappa shape index (κ2) is 5.27. The molecule has 0 aromatic heterocycles. The lowest BCUT2D eigenvalue weighted by molar-refractivity contribution is -0.141. The van der Waals surface area contributed by atoms with E-state index in [1.165, 1.54) is 8.61 Å². The van der Waals surface area contributed by atoms with Crippen LogP contribution in [0.1, 0.15) is 44.9 Å². The molecule has 3 rings (SSSR count). The summed E-state index contributed by atoms with van der Waals surface area (Å²) in [4.78, 5) is 11.5. The first-order valence-electron chi connectivity index (χ1n) is 7.53. The first-order valence-corrected chi connectivity index (χ1v) is 8.93. The van der Waals surface area contributed by atoms with Crippen LogP contribution in [0, 0.1) is 5.92 Å². The van der Waals surface area contributed by atoms with E-state index in [0.29, 0.717) is 19.5 Å². The Balaban J connectivity index is 1.92. The molecule has 3 atom stereocenters. The highest BCUT2D eigenvalue weighted by Crippen LogP contribution is 2.42. The summed E-state index contributed by atoms with van der Waals surface area (Å²) < 4.78 is 28.4. The second-order valence-corrected chi connectivity index (χ2v) is 7.98. The Morgan fingerprint density at radius 2 is 1.70 bits per heavy atom. The summed E-state index contributed by atoms with van der Waals surface area (Å²) in [5, 5.41) is 9.41. The molecule has 3 fully saturated rings. The number of carbonyl (C=O) groups is 1. The van der Waals surface area contributed by atoms with Gasteiger partial charge in [0.2, 0.25) is 0 Å². The van der Waals surface area contributed by atoms with Crippen molar-refractivity contribution in [1.29, 1.82) is 0 Å². The molecular formula is C13H22N2O4S. The monoisotopic (exact) mass is 302 g/mol. The predicted octanol–water partition coefficient (Wildman–Crippen LogP) is 1.04. The molecule has 3 aliphatic rings. The SMILES string of the molecule is O=C(O)C1CC2CCCCC2N1S(=O)(=O)N1CCCC1. The molecule has 1 saturated carbocycles. The van der Waals surface area contributed by atoms with Gasteiger partial charge in [0.25, 0.3) is 10.2 Å². The Kier molecular flexibility index (Phi) is 3.77. The molecule has 0 amide bonds. The van der Waals surface area contributed by atoms with Crippen LogP contribution in [0.2, 0.25) is 0 Å². The molecule has 0 spiro atoms. The summed E-state index contributed by atoms with van der Waals surface area (Å²) in [7, 11) is -3.62. The number of fused-ring (bicyclic) bond motifs is 1. The van der Waals surface area contributed by atoms with Crippen molar-refractivity contribution >= 4 is 16.2 Å². The van der Waals surface area contributed by atoms with Crippen molar-refractivity contribution in [3.8, 4) is 0 Å². The van der Waals surface area contributed by atoms with E-state index in [0.717, 1.165) is 38.5 Å². The maximum Gasteiger partial charge on any atom is 0.322 e. The Bertz CT molecular complexity index is 487. The summed E-state index contributed by atoms with van der Waals surface area (Å²) in [6.07, 6.45) is 6.08. The molecule has 0 radical (unpaired) electrons. The lowest BCUT2D eigenvalue weighted by atomic mass is 9.85. The topological polar surface area (TPSA) is 77.9 Å². The number of carboxylic acid groups (broad SMARTS) is 1. The van der Waals surface area contributed by atoms with E-state index in [2.05, 4.69) is 0 Å². The van der Waals surface area contributed by atoms with Gasteiger partial charge in [0.05, 0.1) is 0 Å². The second-order valence-electron chi connectivity index (χ2n) is 6.15. The highest BCUT2D eigenvalue weighted by Gasteiger charge is 2.52. The van der Waals surface area contributed by atoms with Crippen molar-refractivity contribution in [1.82, 2.24) is 8.61 Å². The summed E-state index contributed by atoms with van der Waals surface area (Å²) in [5.41, 5.74) is 0. The zero-order valence-corrected chi connectivity index (χ0v) is 12.4. The van der Waals surface area contributed by atoms with Crippen LogP contribution in [0.25, 0.3) is 0 Å². The molecule has 1 N–H and O–H groups in total. The van der Waals surface area contributed by atoms with Crippen molar-refractivity contribution in [2.24, 2.45) is 5.92 Å². The van der Waals surface area contributed by atoms with Crippen LogP contribution >= 0.6 is 0 Å². The van der Waals surface area contributed by atoms with Gasteiger partial charge in [-0.3, -0.25) is 4.79 Å². The zero-order chi connectivity index (χ0) is 14.3. The molecule has 114 valence electrons. The van der Waals surface area contributed by atoms with Gasteiger partial charge in [0.1, 0.15) is 6.04 Å². The van der Waals surface area contributed by atoms with E-state index < -0.39 is 22.2 Å². The van der Waals surface area contributed by atoms with Crippen LogP contribution < -0.4 is 0 Å². The molecule has 0 aromatic rings. The Morgan fingerprint density at radius 1 is 1.05 bits per heavy atom. The lowest BCUT2D eigenvalue weighted by Gasteiger charge is -2.34. The number of hydrogen-bond acceptors (Lipinski definition) is 3. The van der Waals surface area contributed by atoms with Crippen LogP contribution in [-0.4, -0.2) is 53.3 Å². The fourth-order valence-electron chi connectivity index (χ4n) is 4.01. The third-order valence-corrected chi connectivity index (χ3v) is 7.05. The number of hydrogen-bond donors (Lipinski definition) is 1. The number of rotatable bonds is 3. The van der Waals surface area contributed by atoms with Crippen molar-refractivity contribution in [2.75, 3.05) is 13.1 Å². The minimum absolute atomic E-state index is 0.101. The van der Waals surface area contributed by atoms with Crippen LogP contribution in [0.4, 0.5) is 0 Å². The van der Waals surface area contributed by atoms with Crippen LogP contribution in [0.5, 0.6) is 0 Å². The molecule has 6 nitrogen and oxygen atoms in total. The van der Waals surface area contributed by atoms with E-state index in [9.17, 15) is 18.3 Å². The molecule has 3 unspecified atom stereocenters. The normalized spacial score (nSPS) is 36.1. The highest BCUT2D eigenvalue weighted by molar-refractivity contribution is 7.86. The molecule has 2 heterocycles. The average Bonchev–Trinajstić information content (AvgIpc) is 3.06. The summed E-state index contributed by atoms with van der Waals surface area (Å²) >= 11 is 0. The van der Waals surface area contributed by atoms with Gasteiger partial charge in [0, 0.05) is 19.1 Å². The van der Waals surface area contributed by atoms with Gasteiger partial charge in [-0.25, -0.2) is 0 Å². The molecule has 2 aliphatic heterocycles.